The predicted octanol–water partition coefficient (Wildman–Crippen LogP) is 1.73. The van der Waals surface area contributed by atoms with Crippen LogP contribution in [0.25, 0.3) is 0 Å². The predicted molar refractivity (Wildman–Crippen MR) is 57.7 cm³/mol. The zero-order chi connectivity index (χ0) is 9.68. The number of nitrogens with one attached hydrogen (secondary N) is 1. The average molecular weight is 251 g/mol. The van der Waals surface area contributed by atoms with Crippen LogP contribution in [0.1, 0.15) is 26.7 Å². The van der Waals surface area contributed by atoms with Crippen molar-refractivity contribution in [3.8, 4) is 0 Å². The van der Waals surface area contributed by atoms with Crippen molar-refractivity contribution in [1.82, 2.24) is 10.4 Å². The molecule has 1 N–H and O–H groups in total. The minimum atomic E-state index is 0.271. The largest absolute Gasteiger partial charge is 0.360 e. The molecule has 1 aliphatic heterocycles. The molecule has 0 aromatic heterocycles. The zero-order valence-corrected chi connectivity index (χ0v) is 10.0. The van der Waals surface area contributed by atoms with Crippen LogP contribution in [0.5, 0.6) is 0 Å². The van der Waals surface area contributed by atoms with Crippen LogP contribution in [-0.4, -0.2) is 35.8 Å². The number of hydrazine groups is 1. The third kappa shape index (κ3) is 2.91. The maximum atomic E-state index is 5.70. The molecule has 1 rings (SSSR count). The minimum Gasteiger partial charge on any atom is -0.360 e. The van der Waals surface area contributed by atoms with Gasteiger partial charge in [0.2, 0.25) is 0 Å². The summed E-state index contributed by atoms with van der Waals surface area (Å²) in [5.41, 5.74) is 3.36. The van der Waals surface area contributed by atoms with Crippen molar-refractivity contribution in [3.05, 3.63) is 0 Å². The van der Waals surface area contributed by atoms with Crippen molar-refractivity contribution in [2.75, 3.05) is 18.5 Å². The third-order valence-corrected chi connectivity index (χ3v) is 2.99. The van der Waals surface area contributed by atoms with Gasteiger partial charge in [0.1, 0.15) is 6.23 Å². The lowest BCUT2D eigenvalue weighted by Crippen LogP contribution is -2.47. The van der Waals surface area contributed by atoms with Crippen molar-refractivity contribution in [2.24, 2.45) is 0 Å². The molecule has 2 unspecified atom stereocenters. The minimum absolute atomic E-state index is 0.271. The Kier molecular flexibility index (Phi) is 5.24. The van der Waals surface area contributed by atoms with Gasteiger partial charge in [-0.2, -0.15) is 0 Å². The first-order valence-electron chi connectivity index (χ1n) is 5.02. The first kappa shape index (κ1) is 11.4. The molecule has 1 saturated heterocycles. The van der Waals surface area contributed by atoms with Crippen molar-refractivity contribution >= 4 is 15.9 Å². The van der Waals surface area contributed by atoms with Crippen molar-refractivity contribution in [2.45, 2.75) is 39.0 Å². The molecule has 4 heteroatoms. The van der Waals surface area contributed by atoms with Gasteiger partial charge in [-0.25, -0.2) is 5.01 Å². The number of rotatable bonds is 5. The molecule has 2 atom stereocenters. The van der Waals surface area contributed by atoms with Crippen molar-refractivity contribution < 1.29 is 4.74 Å². The summed E-state index contributed by atoms with van der Waals surface area (Å²) in [7, 11) is 0. The molecule has 0 radical (unpaired) electrons. The first-order chi connectivity index (χ1) is 6.33. The number of hydrogen-bond donors (Lipinski definition) is 1. The summed E-state index contributed by atoms with van der Waals surface area (Å²) in [6.07, 6.45) is 2.55. The molecule has 0 saturated carbocycles. The van der Waals surface area contributed by atoms with Crippen LogP contribution in [0.15, 0.2) is 0 Å². The Hall–Kier alpha value is 0.360. The molecule has 3 nitrogen and oxygen atoms in total. The molecule has 1 fully saturated rings. The highest BCUT2D eigenvalue weighted by atomic mass is 79.9. The Labute approximate surface area is 88.9 Å². The van der Waals surface area contributed by atoms with Gasteiger partial charge in [0, 0.05) is 11.9 Å². The van der Waals surface area contributed by atoms with Crippen LogP contribution < -0.4 is 5.43 Å². The molecular weight excluding hydrogens is 232 g/mol. The second-order valence-electron chi connectivity index (χ2n) is 3.30. The number of hydrogen-bond acceptors (Lipinski definition) is 3. The molecule has 1 aliphatic rings. The van der Waals surface area contributed by atoms with Gasteiger partial charge in [-0.3, -0.25) is 5.43 Å². The number of ether oxygens (including phenoxy) is 1. The molecule has 0 bridgehead atoms. The van der Waals surface area contributed by atoms with Gasteiger partial charge in [-0.15, -0.1) is 0 Å². The highest BCUT2D eigenvalue weighted by Crippen LogP contribution is 2.19. The molecule has 0 aliphatic carbocycles. The van der Waals surface area contributed by atoms with E-state index in [2.05, 4.69) is 40.2 Å². The van der Waals surface area contributed by atoms with Gasteiger partial charge in [-0.1, -0.05) is 36.2 Å². The molecule has 13 heavy (non-hydrogen) atoms. The highest BCUT2D eigenvalue weighted by molar-refractivity contribution is 9.09. The van der Waals surface area contributed by atoms with E-state index < -0.39 is 0 Å². The lowest BCUT2D eigenvalue weighted by molar-refractivity contribution is -0.00290. The maximum Gasteiger partial charge on any atom is 0.123 e. The van der Waals surface area contributed by atoms with Crippen LogP contribution in [-0.2, 0) is 4.74 Å². The summed E-state index contributed by atoms with van der Waals surface area (Å²) in [6.45, 7) is 6.11. The number of halogens is 1. The van der Waals surface area contributed by atoms with Gasteiger partial charge in [0.25, 0.3) is 0 Å². The van der Waals surface area contributed by atoms with Crippen LogP contribution in [0.3, 0.4) is 0 Å². The Morgan fingerprint density at radius 3 is 2.85 bits per heavy atom. The Bertz CT molecular complexity index is 146. The quantitative estimate of drug-likeness (QED) is 0.753. The fourth-order valence-electron chi connectivity index (χ4n) is 1.62. The Morgan fingerprint density at radius 1 is 1.54 bits per heavy atom. The van der Waals surface area contributed by atoms with Gasteiger partial charge >= 0.3 is 0 Å². The second-order valence-corrected chi connectivity index (χ2v) is 3.95. The molecular formula is C9H19BrN2O. The van der Waals surface area contributed by atoms with Gasteiger partial charge in [-0.05, 0) is 6.42 Å². The van der Waals surface area contributed by atoms with E-state index in [9.17, 15) is 0 Å². The number of nitrogens with zero attached hydrogens (tertiary/aromatic N) is 1. The van der Waals surface area contributed by atoms with Gasteiger partial charge < -0.3 is 4.74 Å². The number of alkyl halides is 1. The monoisotopic (exact) mass is 250 g/mol. The van der Waals surface area contributed by atoms with E-state index in [0.717, 1.165) is 24.9 Å². The summed E-state index contributed by atoms with van der Waals surface area (Å²) >= 11 is 3.50. The summed E-state index contributed by atoms with van der Waals surface area (Å²) < 4.78 is 5.70. The topological polar surface area (TPSA) is 24.5 Å². The summed E-state index contributed by atoms with van der Waals surface area (Å²) in [5.74, 6) is 0. The SMILES string of the molecule is CCCC1OCC(CBr)N1NCC. The fourth-order valence-corrected chi connectivity index (χ4v) is 2.12. The Balaban J connectivity index is 2.45. The van der Waals surface area contributed by atoms with Crippen molar-refractivity contribution in [1.29, 1.82) is 0 Å². The van der Waals surface area contributed by atoms with E-state index in [4.69, 9.17) is 4.74 Å². The summed E-state index contributed by atoms with van der Waals surface area (Å²) in [4.78, 5) is 0. The molecule has 0 spiro atoms. The second kappa shape index (κ2) is 5.96. The van der Waals surface area contributed by atoms with E-state index in [0.29, 0.717) is 6.04 Å². The zero-order valence-electron chi connectivity index (χ0n) is 8.42. The lowest BCUT2D eigenvalue weighted by atomic mass is 10.3. The first-order valence-corrected chi connectivity index (χ1v) is 6.15. The molecule has 0 amide bonds. The lowest BCUT2D eigenvalue weighted by Gasteiger charge is -2.26. The normalized spacial score (nSPS) is 29.8. The van der Waals surface area contributed by atoms with E-state index >= 15 is 0 Å². The molecule has 1 heterocycles. The molecule has 0 aromatic carbocycles. The van der Waals surface area contributed by atoms with E-state index in [-0.39, 0.29) is 6.23 Å². The smallest absolute Gasteiger partial charge is 0.123 e. The van der Waals surface area contributed by atoms with Crippen LogP contribution in [0, 0.1) is 0 Å². The molecule has 78 valence electrons. The standard InChI is InChI=1S/C9H19BrN2O/c1-3-5-9-12(11-4-2)8(6-10)7-13-9/h8-9,11H,3-7H2,1-2H3. The highest BCUT2D eigenvalue weighted by Gasteiger charge is 2.32. The van der Waals surface area contributed by atoms with Crippen LogP contribution >= 0.6 is 15.9 Å². The van der Waals surface area contributed by atoms with E-state index in [1.807, 2.05) is 0 Å². The van der Waals surface area contributed by atoms with E-state index in [1.165, 1.54) is 6.42 Å². The maximum absolute atomic E-state index is 5.70. The van der Waals surface area contributed by atoms with Crippen LogP contribution in [0.4, 0.5) is 0 Å². The van der Waals surface area contributed by atoms with Crippen LogP contribution in [0.2, 0.25) is 0 Å². The fraction of sp³-hybridized carbons (Fsp3) is 1.00. The van der Waals surface area contributed by atoms with E-state index in [1.54, 1.807) is 0 Å². The molecule has 0 aromatic rings. The van der Waals surface area contributed by atoms with Gasteiger partial charge in [0.15, 0.2) is 0 Å². The van der Waals surface area contributed by atoms with Crippen molar-refractivity contribution in [3.63, 3.8) is 0 Å². The van der Waals surface area contributed by atoms with Gasteiger partial charge in [0.05, 0.1) is 12.6 Å². The average Bonchev–Trinajstić information content (AvgIpc) is 2.50. The summed E-state index contributed by atoms with van der Waals surface area (Å²) in [6, 6.07) is 0.483. The Morgan fingerprint density at radius 2 is 2.31 bits per heavy atom. The third-order valence-electron chi connectivity index (χ3n) is 2.24. The summed E-state index contributed by atoms with van der Waals surface area (Å²) in [5, 5.41) is 3.22.